The summed E-state index contributed by atoms with van der Waals surface area (Å²) < 4.78 is 0. The van der Waals surface area contributed by atoms with E-state index in [9.17, 15) is 4.79 Å². The van der Waals surface area contributed by atoms with Crippen LogP contribution in [0.1, 0.15) is 23.6 Å². The fourth-order valence-electron chi connectivity index (χ4n) is 1.88. The van der Waals surface area contributed by atoms with Crippen molar-refractivity contribution >= 4 is 35.0 Å². The number of thioether (sulfide) groups is 1. The minimum Gasteiger partial charge on any atom is -0.272 e. The lowest BCUT2D eigenvalue weighted by molar-refractivity contribution is -0.118. The minimum atomic E-state index is -0.101. The van der Waals surface area contributed by atoms with Crippen LogP contribution in [0.2, 0.25) is 5.02 Å². The topological polar surface area (TPSA) is 41.5 Å². The molecule has 3 nitrogen and oxygen atoms in total. The van der Waals surface area contributed by atoms with E-state index in [2.05, 4.69) is 10.5 Å². The van der Waals surface area contributed by atoms with Gasteiger partial charge in [-0.3, -0.25) is 4.79 Å². The second-order valence-electron chi connectivity index (χ2n) is 5.22. The molecule has 1 N–H and O–H groups in total. The first-order valence-electron chi connectivity index (χ1n) is 7.27. The summed E-state index contributed by atoms with van der Waals surface area (Å²) in [7, 11) is 0. The largest absolute Gasteiger partial charge is 0.272 e. The number of hydrazone groups is 1. The van der Waals surface area contributed by atoms with Crippen LogP contribution in [0.3, 0.4) is 0 Å². The van der Waals surface area contributed by atoms with E-state index < -0.39 is 0 Å². The molecule has 5 heteroatoms. The molecule has 120 valence electrons. The number of rotatable bonds is 6. The highest BCUT2D eigenvalue weighted by Gasteiger charge is 2.02. The molecular weight excluding hydrogens is 328 g/mol. The number of hydrogen-bond acceptors (Lipinski definition) is 3. The third kappa shape index (κ3) is 6.08. The Hall–Kier alpha value is -1.78. The standard InChI is InChI=1S/C18H19ClN2OS/c1-13-3-7-16(8-4-13)14(2)20-21-18(22)12-23-11-15-5-9-17(19)10-6-15/h3-10H,11-12H2,1-2H3,(H,21,22)/b20-14-. The van der Waals surface area contributed by atoms with Crippen LogP contribution in [0.4, 0.5) is 0 Å². The Bertz CT molecular complexity index is 681. The lowest BCUT2D eigenvalue weighted by atomic mass is 10.1. The highest BCUT2D eigenvalue weighted by molar-refractivity contribution is 7.99. The smallest absolute Gasteiger partial charge is 0.250 e. The molecule has 2 rings (SSSR count). The molecule has 0 aliphatic carbocycles. The first kappa shape index (κ1) is 17.6. The predicted molar refractivity (Wildman–Crippen MR) is 99.1 cm³/mol. The molecule has 0 unspecified atom stereocenters. The third-order valence-corrected chi connectivity index (χ3v) is 4.49. The van der Waals surface area contributed by atoms with Crippen LogP contribution in [0, 0.1) is 6.92 Å². The fourth-order valence-corrected chi connectivity index (χ4v) is 2.79. The second-order valence-corrected chi connectivity index (χ2v) is 6.64. The predicted octanol–water partition coefficient (Wildman–Crippen LogP) is 4.42. The zero-order chi connectivity index (χ0) is 16.7. The van der Waals surface area contributed by atoms with Gasteiger partial charge in [-0.2, -0.15) is 5.10 Å². The van der Waals surface area contributed by atoms with Gasteiger partial charge in [0.25, 0.3) is 0 Å². The number of nitrogens with zero attached hydrogens (tertiary/aromatic N) is 1. The highest BCUT2D eigenvalue weighted by Crippen LogP contribution is 2.15. The SMILES string of the molecule is C/C(=N/NC(=O)CSCc1ccc(Cl)cc1)c1ccc(C)cc1. The average molecular weight is 347 g/mol. The molecule has 0 bridgehead atoms. The number of halogens is 1. The van der Waals surface area contributed by atoms with Crippen molar-refractivity contribution in [2.24, 2.45) is 5.10 Å². The molecule has 0 aliphatic rings. The van der Waals surface area contributed by atoms with Crippen molar-refractivity contribution in [3.63, 3.8) is 0 Å². The molecule has 0 fully saturated rings. The molecule has 0 aromatic heterocycles. The molecule has 0 aliphatic heterocycles. The molecule has 0 atom stereocenters. The maximum Gasteiger partial charge on any atom is 0.250 e. The lowest BCUT2D eigenvalue weighted by Crippen LogP contribution is -2.21. The molecule has 1 amide bonds. The highest BCUT2D eigenvalue weighted by atomic mass is 35.5. The Kier molecular flexibility index (Phi) is 6.68. The fraction of sp³-hybridized carbons (Fsp3) is 0.222. The van der Waals surface area contributed by atoms with Crippen molar-refractivity contribution in [3.05, 3.63) is 70.2 Å². The van der Waals surface area contributed by atoms with Crippen molar-refractivity contribution in [3.8, 4) is 0 Å². The molecule has 0 saturated carbocycles. The zero-order valence-electron chi connectivity index (χ0n) is 13.2. The Morgan fingerprint density at radius 3 is 2.43 bits per heavy atom. The van der Waals surface area contributed by atoms with E-state index >= 15 is 0 Å². The molecule has 2 aromatic carbocycles. The van der Waals surface area contributed by atoms with E-state index in [1.807, 2.05) is 62.4 Å². The second kappa shape index (κ2) is 8.75. The van der Waals surface area contributed by atoms with Gasteiger partial charge in [-0.25, -0.2) is 5.43 Å². The van der Waals surface area contributed by atoms with Gasteiger partial charge in [0, 0.05) is 10.8 Å². The summed E-state index contributed by atoms with van der Waals surface area (Å²) in [5.74, 6) is 1.04. The number of nitrogens with one attached hydrogen (secondary N) is 1. The van der Waals surface area contributed by atoms with Gasteiger partial charge in [0.2, 0.25) is 5.91 Å². The van der Waals surface area contributed by atoms with Crippen LogP contribution in [0.25, 0.3) is 0 Å². The molecule has 0 spiro atoms. The lowest BCUT2D eigenvalue weighted by Gasteiger charge is -2.04. The number of carbonyl (C=O) groups excluding carboxylic acids is 1. The van der Waals surface area contributed by atoms with E-state index in [4.69, 9.17) is 11.6 Å². The summed E-state index contributed by atoms with van der Waals surface area (Å²) in [4.78, 5) is 11.8. The first-order valence-corrected chi connectivity index (χ1v) is 8.80. The Balaban J connectivity index is 1.77. The van der Waals surface area contributed by atoms with Crippen molar-refractivity contribution in [2.75, 3.05) is 5.75 Å². The van der Waals surface area contributed by atoms with E-state index in [1.165, 1.54) is 5.56 Å². The molecular formula is C18H19ClN2OS. The van der Waals surface area contributed by atoms with Gasteiger partial charge in [0.05, 0.1) is 11.5 Å². The number of hydrogen-bond donors (Lipinski definition) is 1. The van der Waals surface area contributed by atoms with Crippen molar-refractivity contribution in [2.45, 2.75) is 19.6 Å². The quantitative estimate of drug-likeness (QED) is 0.621. The van der Waals surface area contributed by atoms with E-state index in [0.29, 0.717) is 5.75 Å². The zero-order valence-corrected chi connectivity index (χ0v) is 14.7. The van der Waals surface area contributed by atoms with Crippen LogP contribution >= 0.6 is 23.4 Å². The van der Waals surface area contributed by atoms with Crippen LogP contribution in [0.15, 0.2) is 53.6 Å². The third-order valence-electron chi connectivity index (χ3n) is 3.23. The van der Waals surface area contributed by atoms with Gasteiger partial charge in [-0.1, -0.05) is 53.6 Å². The van der Waals surface area contributed by atoms with Gasteiger partial charge in [0.15, 0.2) is 0 Å². The summed E-state index contributed by atoms with van der Waals surface area (Å²) in [6.07, 6.45) is 0. The van der Waals surface area contributed by atoms with Crippen molar-refractivity contribution in [1.82, 2.24) is 5.43 Å². The monoisotopic (exact) mass is 346 g/mol. The summed E-state index contributed by atoms with van der Waals surface area (Å²) in [6.45, 7) is 3.92. The normalized spacial score (nSPS) is 11.3. The van der Waals surface area contributed by atoms with Gasteiger partial charge in [-0.15, -0.1) is 11.8 Å². The Morgan fingerprint density at radius 1 is 1.13 bits per heavy atom. The number of benzene rings is 2. The number of aryl methyl sites for hydroxylation is 1. The van der Waals surface area contributed by atoms with Crippen molar-refractivity contribution < 1.29 is 4.79 Å². The van der Waals surface area contributed by atoms with Crippen LogP contribution in [-0.4, -0.2) is 17.4 Å². The molecule has 2 aromatic rings. The van der Waals surface area contributed by atoms with Crippen LogP contribution in [0.5, 0.6) is 0 Å². The molecule has 0 heterocycles. The van der Waals surface area contributed by atoms with Gasteiger partial charge in [0.1, 0.15) is 0 Å². The average Bonchev–Trinajstić information content (AvgIpc) is 2.55. The van der Waals surface area contributed by atoms with Crippen LogP contribution < -0.4 is 5.43 Å². The number of carbonyl (C=O) groups is 1. The van der Waals surface area contributed by atoms with Gasteiger partial charge in [-0.05, 0) is 37.1 Å². The summed E-state index contributed by atoms with van der Waals surface area (Å²) >= 11 is 7.39. The minimum absolute atomic E-state index is 0.101. The van der Waals surface area contributed by atoms with Gasteiger partial charge < -0.3 is 0 Å². The summed E-state index contributed by atoms with van der Waals surface area (Å²) in [5, 5.41) is 4.87. The van der Waals surface area contributed by atoms with Crippen LogP contribution in [-0.2, 0) is 10.5 Å². The van der Waals surface area contributed by atoms with E-state index in [-0.39, 0.29) is 5.91 Å². The van der Waals surface area contributed by atoms with E-state index in [1.54, 1.807) is 11.8 Å². The summed E-state index contributed by atoms with van der Waals surface area (Å²) in [5.41, 5.74) is 6.74. The molecule has 0 radical (unpaired) electrons. The molecule has 23 heavy (non-hydrogen) atoms. The van der Waals surface area contributed by atoms with E-state index in [0.717, 1.165) is 27.6 Å². The summed E-state index contributed by atoms with van der Waals surface area (Å²) in [6, 6.07) is 15.7. The first-order chi connectivity index (χ1) is 11.0. The Labute approximate surface area is 146 Å². The van der Waals surface area contributed by atoms with Gasteiger partial charge >= 0.3 is 0 Å². The molecule has 0 saturated heterocycles. The maximum atomic E-state index is 11.8. The maximum absolute atomic E-state index is 11.8. The van der Waals surface area contributed by atoms with Crippen molar-refractivity contribution in [1.29, 1.82) is 0 Å². The number of amides is 1. The Morgan fingerprint density at radius 2 is 1.78 bits per heavy atom.